The zero-order valence-corrected chi connectivity index (χ0v) is 6.40. The smallest absolute Gasteiger partial charge is 0.278 e. The number of halogens is 2. The number of nitrogens with one attached hydrogen (secondary N) is 1. The highest BCUT2D eigenvalue weighted by molar-refractivity contribution is 5.45. The minimum Gasteiger partial charge on any atom is -0.398 e. The van der Waals surface area contributed by atoms with Crippen molar-refractivity contribution in [3.05, 3.63) is 27.7 Å². The summed E-state index contributed by atoms with van der Waals surface area (Å²) >= 11 is 0. The lowest BCUT2D eigenvalue weighted by atomic mass is 10.2. The van der Waals surface area contributed by atoms with E-state index in [-0.39, 0.29) is 11.3 Å². The highest BCUT2D eigenvalue weighted by atomic mass is 19.3. The number of rotatable bonds is 1. The molecule has 0 radical (unpaired) electrons. The third-order valence-corrected chi connectivity index (χ3v) is 1.58. The number of hydrogen-bond donors (Lipinski definition) is 2. The number of aromatic nitrogens is 1. The first kappa shape index (κ1) is 8.70. The second kappa shape index (κ2) is 2.92. The van der Waals surface area contributed by atoms with Crippen LogP contribution in [0.15, 0.2) is 10.9 Å². The van der Waals surface area contributed by atoms with Gasteiger partial charge in [0.25, 0.3) is 12.0 Å². The Morgan fingerprint density at radius 1 is 1.58 bits per heavy atom. The average Bonchev–Trinajstić information content (AvgIpc) is 1.99. The van der Waals surface area contributed by atoms with Crippen LogP contribution in [-0.4, -0.2) is 4.98 Å². The number of nitrogens with two attached hydrogens (primary N) is 1. The quantitative estimate of drug-likeness (QED) is 0.672. The molecule has 0 unspecified atom stereocenters. The molecule has 0 aliphatic carbocycles. The highest BCUT2D eigenvalue weighted by Crippen LogP contribution is 2.17. The van der Waals surface area contributed by atoms with E-state index in [4.69, 9.17) is 5.73 Å². The molecule has 0 aliphatic rings. The molecule has 0 aliphatic heterocycles. The Kier molecular flexibility index (Phi) is 2.12. The number of alkyl halides is 2. The molecule has 1 heterocycles. The van der Waals surface area contributed by atoms with Gasteiger partial charge >= 0.3 is 0 Å². The SMILES string of the molecule is Cc1c(N)cc(C(F)F)[nH]c1=O. The van der Waals surface area contributed by atoms with E-state index in [0.29, 0.717) is 0 Å². The molecule has 1 aromatic rings. The summed E-state index contributed by atoms with van der Waals surface area (Å²) in [7, 11) is 0. The first-order chi connectivity index (χ1) is 5.52. The van der Waals surface area contributed by atoms with Gasteiger partial charge in [-0.05, 0) is 13.0 Å². The van der Waals surface area contributed by atoms with Gasteiger partial charge in [0, 0.05) is 11.3 Å². The topological polar surface area (TPSA) is 58.9 Å². The van der Waals surface area contributed by atoms with Crippen molar-refractivity contribution >= 4 is 5.69 Å². The zero-order valence-electron chi connectivity index (χ0n) is 6.40. The summed E-state index contributed by atoms with van der Waals surface area (Å²) in [5, 5.41) is 0. The maximum atomic E-state index is 12.0. The Balaban J connectivity index is 3.31. The third-order valence-electron chi connectivity index (χ3n) is 1.58. The van der Waals surface area contributed by atoms with Crippen LogP contribution in [0, 0.1) is 6.92 Å². The standard InChI is InChI=1S/C7H8F2N2O/c1-3-4(10)2-5(6(8)9)11-7(3)12/h2,6H,1H3,(H3,10,11,12). The Morgan fingerprint density at radius 3 is 2.58 bits per heavy atom. The summed E-state index contributed by atoms with van der Waals surface area (Å²) in [6.45, 7) is 1.48. The highest BCUT2D eigenvalue weighted by Gasteiger charge is 2.10. The van der Waals surface area contributed by atoms with Gasteiger partial charge < -0.3 is 10.7 Å². The summed E-state index contributed by atoms with van der Waals surface area (Å²) < 4.78 is 24.1. The van der Waals surface area contributed by atoms with Crippen LogP contribution < -0.4 is 11.3 Å². The van der Waals surface area contributed by atoms with Crippen molar-refractivity contribution in [2.24, 2.45) is 0 Å². The third kappa shape index (κ3) is 1.44. The lowest BCUT2D eigenvalue weighted by molar-refractivity contribution is 0.146. The maximum absolute atomic E-state index is 12.0. The summed E-state index contributed by atoms with van der Waals surface area (Å²) in [6, 6.07) is 1.07. The molecule has 0 fully saturated rings. The molecule has 1 aromatic heterocycles. The average molecular weight is 174 g/mol. The molecule has 3 nitrogen and oxygen atoms in total. The summed E-state index contributed by atoms with van der Waals surface area (Å²) in [6.07, 6.45) is -2.69. The van der Waals surface area contributed by atoms with Crippen molar-refractivity contribution in [1.82, 2.24) is 4.98 Å². The predicted octanol–water partition coefficient (Wildman–Crippen LogP) is 1.20. The largest absolute Gasteiger partial charge is 0.398 e. The van der Waals surface area contributed by atoms with Crippen molar-refractivity contribution < 1.29 is 8.78 Å². The summed E-state index contributed by atoms with van der Waals surface area (Å²) in [5.41, 5.74) is 4.65. The van der Waals surface area contributed by atoms with E-state index in [1.54, 1.807) is 0 Å². The molecular formula is C7H8F2N2O. The van der Waals surface area contributed by atoms with Crippen LogP contribution in [0.25, 0.3) is 0 Å². The monoisotopic (exact) mass is 174 g/mol. The summed E-state index contributed by atoms with van der Waals surface area (Å²) in [5.74, 6) is 0. The Labute approximate surface area is 67.2 Å². The molecule has 0 amide bonds. The molecular weight excluding hydrogens is 166 g/mol. The fourth-order valence-electron chi connectivity index (χ4n) is 0.785. The number of aromatic amines is 1. The minimum absolute atomic E-state index is 0.0917. The van der Waals surface area contributed by atoms with Gasteiger partial charge in [-0.2, -0.15) is 0 Å². The van der Waals surface area contributed by atoms with E-state index in [9.17, 15) is 13.6 Å². The van der Waals surface area contributed by atoms with Crippen LogP contribution in [0.4, 0.5) is 14.5 Å². The van der Waals surface area contributed by atoms with Gasteiger partial charge in [0.1, 0.15) is 0 Å². The Hall–Kier alpha value is -1.39. The van der Waals surface area contributed by atoms with Crippen LogP contribution in [0.1, 0.15) is 17.7 Å². The van der Waals surface area contributed by atoms with Crippen molar-refractivity contribution in [1.29, 1.82) is 0 Å². The van der Waals surface area contributed by atoms with Crippen molar-refractivity contribution in [2.75, 3.05) is 5.73 Å². The molecule has 66 valence electrons. The molecule has 0 aromatic carbocycles. The molecule has 3 N–H and O–H groups in total. The van der Waals surface area contributed by atoms with Crippen LogP contribution in [0.2, 0.25) is 0 Å². The summed E-state index contributed by atoms with van der Waals surface area (Å²) in [4.78, 5) is 12.9. The number of hydrogen-bond acceptors (Lipinski definition) is 2. The van der Waals surface area contributed by atoms with Crippen LogP contribution in [-0.2, 0) is 0 Å². The van der Waals surface area contributed by atoms with E-state index in [1.807, 2.05) is 4.98 Å². The second-order valence-electron chi connectivity index (χ2n) is 2.43. The number of pyridine rings is 1. The fraction of sp³-hybridized carbons (Fsp3) is 0.286. The number of anilines is 1. The predicted molar refractivity (Wildman–Crippen MR) is 41.2 cm³/mol. The first-order valence-corrected chi connectivity index (χ1v) is 3.30. The van der Waals surface area contributed by atoms with E-state index in [0.717, 1.165) is 6.07 Å². The molecule has 0 saturated carbocycles. The zero-order chi connectivity index (χ0) is 9.30. The van der Waals surface area contributed by atoms with Crippen LogP contribution >= 0.6 is 0 Å². The minimum atomic E-state index is -2.69. The van der Waals surface area contributed by atoms with Gasteiger partial charge in [-0.3, -0.25) is 4.79 Å². The van der Waals surface area contributed by atoms with Gasteiger partial charge in [-0.25, -0.2) is 8.78 Å². The maximum Gasteiger partial charge on any atom is 0.278 e. The Morgan fingerprint density at radius 2 is 2.17 bits per heavy atom. The second-order valence-corrected chi connectivity index (χ2v) is 2.43. The van der Waals surface area contributed by atoms with Crippen molar-refractivity contribution in [3.8, 4) is 0 Å². The lowest BCUT2D eigenvalue weighted by Gasteiger charge is -2.02. The molecule has 0 atom stereocenters. The van der Waals surface area contributed by atoms with Crippen LogP contribution in [0.3, 0.4) is 0 Å². The molecule has 1 rings (SSSR count). The van der Waals surface area contributed by atoms with E-state index in [2.05, 4.69) is 0 Å². The van der Waals surface area contributed by atoms with Gasteiger partial charge in [-0.1, -0.05) is 0 Å². The number of H-pyrrole nitrogens is 1. The van der Waals surface area contributed by atoms with E-state index < -0.39 is 17.7 Å². The fourth-order valence-corrected chi connectivity index (χ4v) is 0.785. The van der Waals surface area contributed by atoms with Crippen LogP contribution in [0.5, 0.6) is 0 Å². The van der Waals surface area contributed by atoms with Crippen molar-refractivity contribution in [2.45, 2.75) is 13.3 Å². The van der Waals surface area contributed by atoms with Gasteiger partial charge in [0.05, 0.1) is 5.69 Å². The van der Waals surface area contributed by atoms with Gasteiger partial charge in [0.15, 0.2) is 0 Å². The van der Waals surface area contributed by atoms with E-state index >= 15 is 0 Å². The van der Waals surface area contributed by atoms with Gasteiger partial charge in [0.2, 0.25) is 0 Å². The molecule has 0 bridgehead atoms. The molecule has 0 spiro atoms. The normalized spacial score (nSPS) is 10.7. The molecule has 5 heteroatoms. The van der Waals surface area contributed by atoms with Gasteiger partial charge in [-0.15, -0.1) is 0 Å². The molecule has 0 saturated heterocycles. The first-order valence-electron chi connectivity index (χ1n) is 3.30. The lowest BCUT2D eigenvalue weighted by Crippen LogP contribution is -2.14. The molecule has 12 heavy (non-hydrogen) atoms. The van der Waals surface area contributed by atoms with Crippen molar-refractivity contribution in [3.63, 3.8) is 0 Å². The number of nitrogen functional groups attached to an aromatic ring is 1. The van der Waals surface area contributed by atoms with E-state index in [1.165, 1.54) is 6.92 Å². The Bertz CT molecular complexity index is 346.